The summed E-state index contributed by atoms with van der Waals surface area (Å²) < 4.78 is 0. The van der Waals surface area contributed by atoms with Crippen molar-refractivity contribution in [3.63, 3.8) is 0 Å². The molecule has 0 spiro atoms. The van der Waals surface area contributed by atoms with Crippen LogP contribution >= 0.6 is 24.8 Å². The Bertz CT molecular complexity index is 899. The van der Waals surface area contributed by atoms with Gasteiger partial charge in [0, 0.05) is 23.2 Å². The summed E-state index contributed by atoms with van der Waals surface area (Å²) >= 11 is 0. The Kier molecular flexibility index (Phi) is 17.3. The number of nitrogens with two attached hydrogens (primary N) is 3. The monoisotopic (exact) mass is 523 g/mol. The Labute approximate surface area is 221 Å². The van der Waals surface area contributed by atoms with Crippen molar-refractivity contribution in [3.8, 4) is 0 Å². The van der Waals surface area contributed by atoms with Crippen LogP contribution in [0.15, 0.2) is 53.5 Å². The van der Waals surface area contributed by atoms with Crippen LogP contribution in [0.4, 0.5) is 11.4 Å². The number of hydrogen-bond donors (Lipinski definition) is 4. The number of nitrogens with zero attached hydrogens (tertiary/aromatic N) is 1. The van der Waals surface area contributed by atoms with Crippen molar-refractivity contribution >= 4 is 53.8 Å². The first kappa shape index (κ1) is 32.4. The highest BCUT2D eigenvalue weighted by Crippen LogP contribution is 2.18. The van der Waals surface area contributed by atoms with Crippen molar-refractivity contribution in [3.05, 3.63) is 59.7 Å². The Balaban J connectivity index is 0.00000578. The number of anilines is 1. The quantitative estimate of drug-likeness (QED) is 0.106. The van der Waals surface area contributed by atoms with Gasteiger partial charge >= 0.3 is 0 Å². The van der Waals surface area contributed by atoms with Crippen molar-refractivity contribution in [1.82, 2.24) is 0 Å². The lowest BCUT2D eigenvalue weighted by molar-refractivity contribution is -0.116. The summed E-state index contributed by atoms with van der Waals surface area (Å²) in [5.74, 6) is -0.133. The van der Waals surface area contributed by atoms with Gasteiger partial charge in [0.1, 0.15) is 0 Å². The van der Waals surface area contributed by atoms with Crippen molar-refractivity contribution in [2.75, 3.05) is 11.9 Å². The molecule has 0 aliphatic heterocycles. The number of amides is 1. The third-order valence-corrected chi connectivity index (χ3v) is 5.43. The maximum atomic E-state index is 12.7. The molecule has 35 heavy (non-hydrogen) atoms. The summed E-state index contributed by atoms with van der Waals surface area (Å²) in [6.45, 7) is 0.793. The smallest absolute Gasteiger partial charge is 0.224 e. The number of ketones is 1. The van der Waals surface area contributed by atoms with E-state index < -0.39 is 0 Å². The summed E-state index contributed by atoms with van der Waals surface area (Å²) in [4.78, 5) is 28.8. The van der Waals surface area contributed by atoms with E-state index in [2.05, 4.69) is 10.3 Å². The van der Waals surface area contributed by atoms with Gasteiger partial charge in [-0.05, 0) is 67.9 Å². The van der Waals surface area contributed by atoms with Crippen molar-refractivity contribution in [2.24, 2.45) is 22.2 Å². The predicted molar refractivity (Wildman–Crippen MR) is 150 cm³/mol. The average molecular weight is 525 g/mol. The Morgan fingerprint density at radius 2 is 1.14 bits per heavy atom. The maximum absolute atomic E-state index is 12.7. The molecule has 0 unspecified atom stereocenters. The molecule has 0 aliphatic rings. The molecule has 2 aromatic rings. The highest BCUT2D eigenvalue weighted by Gasteiger charge is 2.10. The summed E-state index contributed by atoms with van der Waals surface area (Å²) in [6, 6.07) is 13.7. The van der Waals surface area contributed by atoms with Crippen LogP contribution in [0.2, 0.25) is 0 Å². The summed E-state index contributed by atoms with van der Waals surface area (Å²) in [7, 11) is 0. The molecule has 1 amide bonds. The zero-order valence-electron chi connectivity index (χ0n) is 20.2. The molecule has 0 heterocycles. The molecular formula is C26H39Cl2N5O2. The van der Waals surface area contributed by atoms with Gasteiger partial charge in [-0.3, -0.25) is 9.59 Å². The molecule has 0 saturated heterocycles. The number of benzene rings is 2. The van der Waals surface area contributed by atoms with Gasteiger partial charge in [0.25, 0.3) is 0 Å². The molecule has 0 saturated carbocycles. The van der Waals surface area contributed by atoms with E-state index in [1.54, 1.807) is 48.5 Å². The highest BCUT2D eigenvalue weighted by atomic mass is 35.5. The third-order valence-electron chi connectivity index (χ3n) is 5.43. The van der Waals surface area contributed by atoms with E-state index in [4.69, 9.17) is 17.2 Å². The first-order chi connectivity index (χ1) is 16.0. The second-order valence-electron chi connectivity index (χ2n) is 8.26. The average Bonchev–Trinajstić information content (AvgIpc) is 2.80. The summed E-state index contributed by atoms with van der Waals surface area (Å²) in [6.07, 6.45) is 11.1. The zero-order chi connectivity index (χ0) is 23.9. The molecule has 0 fully saturated rings. The lowest BCUT2D eigenvalue weighted by Crippen LogP contribution is -2.21. The summed E-state index contributed by atoms with van der Waals surface area (Å²) in [5, 5.41) is 2.91. The first-order valence-electron chi connectivity index (χ1n) is 11.8. The van der Waals surface area contributed by atoms with E-state index in [9.17, 15) is 9.59 Å². The van der Waals surface area contributed by atoms with Crippen LogP contribution in [0, 0.1) is 0 Å². The van der Waals surface area contributed by atoms with E-state index >= 15 is 0 Å². The molecule has 0 aromatic heterocycles. The maximum Gasteiger partial charge on any atom is 0.224 e. The molecule has 0 atom stereocenters. The van der Waals surface area contributed by atoms with Crippen molar-refractivity contribution in [2.45, 2.75) is 64.2 Å². The highest BCUT2D eigenvalue weighted by molar-refractivity contribution is 6.09. The van der Waals surface area contributed by atoms with Gasteiger partial charge in [0.15, 0.2) is 11.7 Å². The van der Waals surface area contributed by atoms with E-state index in [-0.39, 0.29) is 42.5 Å². The fourth-order valence-corrected chi connectivity index (χ4v) is 3.60. The number of nitrogens with one attached hydrogen (secondary N) is 1. The Hall–Kier alpha value is -2.61. The number of carbonyl (C=O) groups is 2. The molecular weight excluding hydrogens is 485 g/mol. The predicted octanol–water partition coefficient (Wildman–Crippen LogP) is 5.46. The molecule has 0 bridgehead atoms. The van der Waals surface area contributed by atoms with Gasteiger partial charge in [0.2, 0.25) is 5.91 Å². The number of unbranched alkanes of at least 4 members (excludes halogenated alkanes) is 8. The second kappa shape index (κ2) is 18.7. The molecule has 2 aromatic carbocycles. The standard InChI is InChI=1S/C26H37N5O2.2ClH/c27-19-9-7-5-3-1-2-4-6-8-10-24(32)30-22-15-11-20(12-16-22)25(33)21-13-17-23(18-14-21)31-26(28)29;;/h11-18H,1-10,19,27H2,(H,30,32)(H4,28,29,31);2*1H. The fraction of sp³-hybridized carbons (Fsp3) is 0.423. The van der Waals surface area contributed by atoms with E-state index in [1.807, 2.05) is 0 Å². The minimum absolute atomic E-state index is 0. The van der Waals surface area contributed by atoms with Crippen LogP contribution in [-0.2, 0) is 4.79 Å². The number of aliphatic imine (C=N–C) groups is 1. The number of guanidine groups is 1. The molecule has 0 radical (unpaired) electrons. The van der Waals surface area contributed by atoms with Gasteiger partial charge in [-0.15, -0.1) is 24.8 Å². The third kappa shape index (κ3) is 13.2. The largest absolute Gasteiger partial charge is 0.370 e. The molecule has 194 valence electrons. The van der Waals surface area contributed by atoms with E-state index in [1.165, 1.54) is 38.5 Å². The normalized spacial score (nSPS) is 9.97. The summed E-state index contributed by atoms with van der Waals surface area (Å²) in [5.41, 5.74) is 18.6. The lowest BCUT2D eigenvalue weighted by atomic mass is 10.0. The van der Waals surface area contributed by atoms with Crippen LogP contribution in [0.5, 0.6) is 0 Å². The number of carbonyl (C=O) groups excluding carboxylic acids is 2. The molecule has 7 nitrogen and oxygen atoms in total. The van der Waals surface area contributed by atoms with Crippen LogP contribution in [-0.4, -0.2) is 24.2 Å². The van der Waals surface area contributed by atoms with E-state index in [0.29, 0.717) is 28.9 Å². The van der Waals surface area contributed by atoms with Gasteiger partial charge < -0.3 is 22.5 Å². The van der Waals surface area contributed by atoms with Gasteiger partial charge in [-0.25, -0.2) is 4.99 Å². The molecule has 7 N–H and O–H groups in total. The minimum atomic E-state index is -0.108. The second-order valence-corrected chi connectivity index (χ2v) is 8.26. The molecule has 0 aliphatic carbocycles. The number of halogens is 2. The lowest BCUT2D eigenvalue weighted by Gasteiger charge is -2.07. The van der Waals surface area contributed by atoms with E-state index in [0.717, 1.165) is 25.8 Å². The molecule has 9 heteroatoms. The minimum Gasteiger partial charge on any atom is -0.370 e. The van der Waals surface area contributed by atoms with Gasteiger partial charge in [-0.2, -0.15) is 0 Å². The fourth-order valence-electron chi connectivity index (χ4n) is 3.60. The first-order valence-corrected chi connectivity index (χ1v) is 11.8. The Morgan fingerprint density at radius 3 is 1.63 bits per heavy atom. The topological polar surface area (TPSA) is 137 Å². The number of rotatable bonds is 15. The zero-order valence-corrected chi connectivity index (χ0v) is 21.8. The van der Waals surface area contributed by atoms with Gasteiger partial charge in [0.05, 0.1) is 5.69 Å². The van der Waals surface area contributed by atoms with Crippen LogP contribution in [0.1, 0.15) is 80.1 Å². The SMILES string of the molecule is Cl.Cl.NCCCCCCCCCCCC(=O)Nc1ccc(C(=O)c2ccc(N=C(N)N)cc2)cc1. The van der Waals surface area contributed by atoms with Crippen molar-refractivity contribution < 1.29 is 9.59 Å². The van der Waals surface area contributed by atoms with Crippen LogP contribution < -0.4 is 22.5 Å². The van der Waals surface area contributed by atoms with Crippen LogP contribution in [0.3, 0.4) is 0 Å². The van der Waals surface area contributed by atoms with Crippen molar-refractivity contribution in [1.29, 1.82) is 0 Å². The number of hydrogen-bond acceptors (Lipinski definition) is 4. The van der Waals surface area contributed by atoms with Crippen LogP contribution in [0.25, 0.3) is 0 Å². The van der Waals surface area contributed by atoms with Gasteiger partial charge in [-0.1, -0.05) is 44.9 Å². The Morgan fingerprint density at radius 1 is 0.686 bits per heavy atom. The molecule has 2 rings (SSSR count).